The van der Waals surface area contributed by atoms with E-state index < -0.39 is 6.10 Å². The second-order valence-electron chi connectivity index (χ2n) is 21.0. The number of ether oxygens (including phenoxy) is 3. The Morgan fingerprint density at radius 3 is 0.836 bits per heavy atom. The first kappa shape index (κ1) is 69.8. The minimum absolute atomic E-state index is 0.0724. The number of hydrogen-bond acceptors (Lipinski definition) is 6. The molecule has 0 heterocycles. The molecule has 0 saturated carbocycles. The molecule has 6 nitrogen and oxygen atoms in total. The van der Waals surface area contributed by atoms with E-state index in [1.807, 2.05) is 0 Å². The Labute approximate surface area is 453 Å². The minimum Gasteiger partial charge on any atom is -0.462 e. The van der Waals surface area contributed by atoms with Crippen LogP contribution < -0.4 is 0 Å². The Morgan fingerprint density at radius 2 is 0.534 bits per heavy atom. The first-order valence-corrected chi connectivity index (χ1v) is 31.4. The Bertz CT molecular complexity index is 1360. The highest BCUT2D eigenvalue weighted by Crippen LogP contribution is 2.17. The van der Waals surface area contributed by atoms with E-state index in [2.05, 4.69) is 93.7 Å². The highest BCUT2D eigenvalue weighted by Gasteiger charge is 2.19. The Morgan fingerprint density at radius 1 is 0.288 bits per heavy atom. The van der Waals surface area contributed by atoms with E-state index in [0.29, 0.717) is 19.3 Å². The molecule has 1 atom stereocenters. The molecule has 0 aliphatic rings. The van der Waals surface area contributed by atoms with E-state index in [9.17, 15) is 14.4 Å². The van der Waals surface area contributed by atoms with E-state index in [0.717, 1.165) is 96.3 Å². The fourth-order valence-corrected chi connectivity index (χ4v) is 9.04. The molecule has 0 saturated heterocycles. The van der Waals surface area contributed by atoms with Crippen LogP contribution in [0, 0.1) is 0 Å². The maximum Gasteiger partial charge on any atom is 0.306 e. The van der Waals surface area contributed by atoms with Crippen LogP contribution in [0.3, 0.4) is 0 Å². The van der Waals surface area contributed by atoms with Gasteiger partial charge in [-0.05, 0) is 70.6 Å². The van der Waals surface area contributed by atoms with Crippen LogP contribution in [0.15, 0.2) is 72.9 Å². The summed E-state index contributed by atoms with van der Waals surface area (Å²) in [6.07, 6.45) is 79.3. The molecule has 0 bridgehead atoms. The molecular weight excluding hydrogens is 901 g/mol. The molecule has 422 valence electrons. The van der Waals surface area contributed by atoms with Gasteiger partial charge in [0.25, 0.3) is 0 Å². The van der Waals surface area contributed by atoms with E-state index >= 15 is 0 Å². The third-order valence-corrected chi connectivity index (χ3v) is 13.7. The average molecular weight is 1020 g/mol. The van der Waals surface area contributed by atoms with Crippen LogP contribution in [-0.2, 0) is 28.6 Å². The third-order valence-electron chi connectivity index (χ3n) is 13.7. The Hall–Kier alpha value is -3.15. The van der Waals surface area contributed by atoms with Crippen LogP contribution in [0.5, 0.6) is 0 Å². The first-order chi connectivity index (χ1) is 36.0. The van der Waals surface area contributed by atoms with E-state index in [-0.39, 0.29) is 31.1 Å². The molecule has 0 aromatic heterocycles. The lowest BCUT2D eigenvalue weighted by Gasteiger charge is -2.18. The molecule has 0 spiro atoms. The van der Waals surface area contributed by atoms with E-state index in [4.69, 9.17) is 14.2 Å². The largest absolute Gasteiger partial charge is 0.462 e. The molecule has 0 aliphatic heterocycles. The molecule has 0 aliphatic carbocycles. The van der Waals surface area contributed by atoms with Crippen molar-refractivity contribution in [2.24, 2.45) is 0 Å². The predicted octanol–water partition coefficient (Wildman–Crippen LogP) is 21.3. The highest BCUT2D eigenvalue weighted by atomic mass is 16.6. The summed E-state index contributed by atoms with van der Waals surface area (Å²) in [6, 6.07) is 0. The molecular formula is C67H118O6. The number of unbranched alkanes of at least 4 members (excludes halogenated alkanes) is 34. The smallest absolute Gasteiger partial charge is 0.306 e. The van der Waals surface area contributed by atoms with Gasteiger partial charge in [-0.15, -0.1) is 0 Å². The summed E-state index contributed by atoms with van der Waals surface area (Å²) in [6.45, 7) is 6.52. The minimum atomic E-state index is -0.772. The molecule has 0 N–H and O–H groups in total. The lowest BCUT2D eigenvalue weighted by molar-refractivity contribution is -0.167. The molecule has 0 fully saturated rings. The fourth-order valence-electron chi connectivity index (χ4n) is 9.04. The average Bonchev–Trinajstić information content (AvgIpc) is 3.39. The fraction of sp³-hybridized carbons (Fsp3) is 0.776. The van der Waals surface area contributed by atoms with E-state index in [1.54, 1.807) is 0 Å². The van der Waals surface area contributed by atoms with Gasteiger partial charge in [0.05, 0.1) is 0 Å². The predicted molar refractivity (Wildman–Crippen MR) is 316 cm³/mol. The van der Waals surface area contributed by atoms with Gasteiger partial charge in [0.2, 0.25) is 0 Å². The van der Waals surface area contributed by atoms with Gasteiger partial charge in [-0.25, -0.2) is 0 Å². The zero-order chi connectivity index (χ0) is 52.9. The van der Waals surface area contributed by atoms with Crippen LogP contribution in [0.25, 0.3) is 0 Å². The molecule has 0 amide bonds. The van der Waals surface area contributed by atoms with E-state index in [1.165, 1.54) is 180 Å². The maximum atomic E-state index is 12.8. The van der Waals surface area contributed by atoms with Crippen LogP contribution in [0.4, 0.5) is 0 Å². The van der Waals surface area contributed by atoms with Crippen molar-refractivity contribution in [3.63, 3.8) is 0 Å². The molecule has 73 heavy (non-hydrogen) atoms. The summed E-state index contributed by atoms with van der Waals surface area (Å²) in [5.41, 5.74) is 0. The van der Waals surface area contributed by atoms with Crippen LogP contribution >= 0.6 is 0 Å². The highest BCUT2D eigenvalue weighted by molar-refractivity contribution is 5.71. The summed E-state index contributed by atoms with van der Waals surface area (Å²) in [7, 11) is 0. The van der Waals surface area contributed by atoms with Gasteiger partial charge in [-0.3, -0.25) is 14.4 Å². The lowest BCUT2D eigenvalue weighted by Crippen LogP contribution is -2.30. The van der Waals surface area contributed by atoms with Gasteiger partial charge in [0.15, 0.2) is 6.10 Å². The quantitative estimate of drug-likeness (QED) is 0.0261. The van der Waals surface area contributed by atoms with Crippen molar-refractivity contribution in [3.8, 4) is 0 Å². The Kier molecular flexibility index (Phi) is 58.7. The third kappa shape index (κ3) is 59.6. The van der Waals surface area contributed by atoms with Crippen molar-refractivity contribution in [1.82, 2.24) is 0 Å². The maximum absolute atomic E-state index is 12.8. The summed E-state index contributed by atoms with van der Waals surface area (Å²) in [5.74, 6) is -0.869. The van der Waals surface area contributed by atoms with Gasteiger partial charge in [0.1, 0.15) is 13.2 Å². The Balaban J connectivity index is 4.12. The van der Waals surface area contributed by atoms with Gasteiger partial charge in [-0.1, -0.05) is 299 Å². The van der Waals surface area contributed by atoms with Gasteiger partial charge >= 0.3 is 17.9 Å². The molecule has 0 radical (unpaired) electrons. The zero-order valence-corrected chi connectivity index (χ0v) is 48.4. The molecule has 0 aromatic carbocycles. The molecule has 6 heteroatoms. The number of allylic oxidation sites excluding steroid dienone is 12. The second kappa shape index (κ2) is 61.4. The van der Waals surface area contributed by atoms with Crippen molar-refractivity contribution in [1.29, 1.82) is 0 Å². The second-order valence-corrected chi connectivity index (χ2v) is 21.0. The number of carbonyl (C=O) groups is 3. The van der Waals surface area contributed by atoms with Crippen molar-refractivity contribution in [2.75, 3.05) is 13.2 Å². The van der Waals surface area contributed by atoms with Gasteiger partial charge in [-0.2, -0.15) is 0 Å². The monoisotopic (exact) mass is 1020 g/mol. The molecule has 1 unspecified atom stereocenters. The SMILES string of the molecule is CC/C=C\C/C=C\C/C=C\C/C=C\C/C=C\C/C=C\CCCCCCCCCCCCC(=O)OCC(COC(=O)CCCCCCCCC)OC(=O)CCCCCCCCCCCCCCCCCCCCC. The topological polar surface area (TPSA) is 78.9 Å². The van der Waals surface area contributed by atoms with Crippen LogP contribution in [0.2, 0.25) is 0 Å². The summed E-state index contributed by atoms with van der Waals surface area (Å²) in [5, 5.41) is 0. The lowest BCUT2D eigenvalue weighted by atomic mass is 10.0. The summed E-state index contributed by atoms with van der Waals surface area (Å²) in [4.78, 5) is 38.0. The number of carbonyl (C=O) groups excluding carboxylic acids is 3. The van der Waals surface area contributed by atoms with Crippen molar-refractivity contribution in [3.05, 3.63) is 72.9 Å². The van der Waals surface area contributed by atoms with Crippen molar-refractivity contribution in [2.45, 2.75) is 322 Å². The summed E-state index contributed by atoms with van der Waals surface area (Å²) < 4.78 is 16.8. The van der Waals surface area contributed by atoms with Gasteiger partial charge in [0, 0.05) is 19.3 Å². The number of esters is 3. The van der Waals surface area contributed by atoms with Crippen molar-refractivity contribution < 1.29 is 28.6 Å². The van der Waals surface area contributed by atoms with Gasteiger partial charge < -0.3 is 14.2 Å². The summed E-state index contributed by atoms with van der Waals surface area (Å²) >= 11 is 0. The normalized spacial score (nSPS) is 12.5. The zero-order valence-electron chi connectivity index (χ0n) is 48.4. The standard InChI is InChI=1S/C67H118O6/c1-4-7-10-13-16-18-20-22-24-26-28-29-30-31-32-33-34-35-36-37-39-40-42-44-46-48-51-54-57-60-66(69)72-63-64(62-71-65(68)59-56-53-50-15-12-9-6-3)73-67(70)61-58-55-52-49-47-45-43-41-38-27-25-23-21-19-17-14-11-8-5-2/h7,10,16,18,22,24,28-29,31-32,34-35,64H,4-6,8-9,11-15,17,19-21,23,25-27,30,33,36-63H2,1-3H3/b10-7-,18-16-,24-22-,29-28-,32-31-,35-34-. The first-order valence-electron chi connectivity index (χ1n) is 31.4. The number of hydrogen-bond donors (Lipinski definition) is 0. The van der Waals surface area contributed by atoms with Crippen molar-refractivity contribution >= 4 is 17.9 Å². The molecule has 0 rings (SSSR count). The molecule has 0 aromatic rings. The number of rotatable bonds is 57. The van der Waals surface area contributed by atoms with Crippen LogP contribution in [0.1, 0.15) is 316 Å². The van der Waals surface area contributed by atoms with Crippen LogP contribution in [-0.4, -0.2) is 37.2 Å².